The van der Waals surface area contributed by atoms with Gasteiger partial charge < -0.3 is 18.9 Å². The minimum Gasteiger partial charge on any atom is -0.462 e. The topological polar surface area (TPSA) is 108 Å². The van der Waals surface area contributed by atoms with Crippen molar-refractivity contribution >= 4 is 19.8 Å². The van der Waals surface area contributed by atoms with E-state index >= 15 is 0 Å². The summed E-state index contributed by atoms with van der Waals surface area (Å²) in [6, 6.07) is 0. The maximum absolute atomic E-state index is 12.7. The molecule has 0 spiro atoms. The number of unbranched alkanes of at least 4 members (excludes halogenated alkanes) is 29. The van der Waals surface area contributed by atoms with Crippen LogP contribution in [0, 0.1) is 0 Å². The Morgan fingerprint density at radius 2 is 0.879 bits per heavy atom. The molecule has 1 unspecified atom stereocenters. The average molecular weight is 845 g/mol. The SMILES string of the molecule is CCCCCCCCCC/C=C/CCCCCC(=O)OC[C@H](COP(=O)(O)OCC[N+](C)(C)C)OC(=O)CCCCCCCCCCCCCCCCCCCCC. The van der Waals surface area contributed by atoms with Gasteiger partial charge in [-0.3, -0.25) is 18.6 Å². The highest BCUT2D eigenvalue weighted by molar-refractivity contribution is 7.47. The first-order valence-corrected chi connectivity index (χ1v) is 25.9. The number of carbonyl (C=O) groups excluding carboxylic acids is 2. The summed E-state index contributed by atoms with van der Waals surface area (Å²) in [5.74, 6) is -0.803. The number of phosphoric ester groups is 1. The Morgan fingerprint density at radius 1 is 0.517 bits per heavy atom. The predicted molar refractivity (Wildman–Crippen MR) is 243 cm³/mol. The van der Waals surface area contributed by atoms with E-state index < -0.39 is 26.5 Å². The van der Waals surface area contributed by atoms with Crippen molar-refractivity contribution in [3.63, 3.8) is 0 Å². The third kappa shape index (κ3) is 44.3. The zero-order chi connectivity index (χ0) is 42.8. The summed E-state index contributed by atoms with van der Waals surface area (Å²) < 4.78 is 34.4. The molecular weight excluding hydrogens is 750 g/mol. The molecule has 58 heavy (non-hydrogen) atoms. The molecule has 0 rings (SSSR count). The Morgan fingerprint density at radius 3 is 1.29 bits per heavy atom. The van der Waals surface area contributed by atoms with Crippen molar-refractivity contribution < 1.29 is 42.1 Å². The molecule has 0 saturated carbocycles. The van der Waals surface area contributed by atoms with Crippen LogP contribution in [0.1, 0.15) is 232 Å². The quantitative estimate of drug-likeness (QED) is 0.0212. The molecule has 0 bridgehead atoms. The minimum atomic E-state index is -4.37. The highest BCUT2D eigenvalue weighted by Crippen LogP contribution is 2.43. The molecule has 2 atom stereocenters. The maximum atomic E-state index is 12.7. The number of esters is 2. The number of allylic oxidation sites excluding steroid dienone is 2. The fraction of sp³-hybridized carbons (Fsp3) is 0.917. The number of quaternary nitrogens is 1. The Balaban J connectivity index is 4.27. The Kier molecular flexibility index (Phi) is 40.2. The number of hydrogen-bond donors (Lipinski definition) is 1. The van der Waals surface area contributed by atoms with Gasteiger partial charge in [0.1, 0.15) is 19.8 Å². The highest BCUT2D eigenvalue weighted by Gasteiger charge is 2.27. The molecule has 344 valence electrons. The molecule has 0 aliphatic carbocycles. The van der Waals surface area contributed by atoms with E-state index in [9.17, 15) is 19.0 Å². The highest BCUT2D eigenvalue weighted by atomic mass is 31.2. The van der Waals surface area contributed by atoms with Crippen LogP contribution >= 0.6 is 7.82 Å². The molecule has 0 heterocycles. The minimum absolute atomic E-state index is 0.0329. The van der Waals surface area contributed by atoms with Crippen LogP contribution in [0.4, 0.5) is 0 Å². The van der Waals surface area contributed by atoms with E-state index in [2.05, 4.69) is 26.0 Å². The van der Waals surface area contributed by atoms with Crippen LogP contribution in [0.2, 0.25) is 0 Å². The fourth-order valence-electron chi connectivity index (χ4n) is 6.95. The molecular formula is C48H95NO8P+. The van der Waals surface area contributed by atoms with Gasteiger partial charge in [0.25, 0.3) is 0 Å². The largest absolute Gasteiger partial charge is 0.472 e. The van der Waals surface area contributed by atoms with Crippen LogP contribution in [0.5, 0.6) is 0 Å². The van der Waals surface area contributed by atoms with Crippen molar-refractivity contribution in [2.45, 2.75) is 238 Å². The molecule has 0 aliphatic rings. The van der Waals surface area contributed by atoms with E-state index in [1.807, 2.05) is 21.1 Å². The third-order valence-electron chi connectivity index (χ3n) is 10.8. The number of ether oxygens (including phenoxy) is 2. The molecule has 9 nitrogen and oxygen atoms in total. The second kappa shape index (κ2) is 41.1. The zero-order valence-electron chi connectivity index (χ0n) is 38.8. The first-order valence-electron chi connectivity index (χ1n) is 24.4. The van der Waals surface area contributed by atoms with Crippen molar-refractivity contribution in [2.24, 2.45) is 0 Å². The lowest BCUT2D eigenvalue weighted by Gasteiger charge is -2.24. The van der Waals surface area contributed by atoms with E-state index in [1.54, 1.807) is 0 Å². The lowest BCUT2D eigenvalue weighted by Crippen LogP contribution is -2.37. The summed E-state index contributed by atoms with van der Waals surface area (Å²) in [6.07, 6.45) is 44.0. The van der Waals surface area contributed by atoms with Gasteiger partial charge >= 0.3 is 19.8 Å². The van der Waals surface area contributed by atoms with Crippen LogP contribution < -0.4 is 0 Å². The summed E-state index contributed by atoms with van der Waals surface area (Å²) >= 11 is 0. The van der Waals surface area contributed by atoms with E-state index in [0.29, 0.717) is 17.4 Å². The van der Waals surface area contributed by atoms with Gasteiger partial charge in [0.15, 0.2) is 6.10 Å². The van der Waals surface area contributed by atoms with Crippen LogP contribution in [0.3, 0.4) is 0 Å². The summed E-state index contributed by atoms with van der Waals surface area (Å²) in [4.78, 5) is 35.4. The summed E-state index contributed by atoms with van der Waals surface area (Å²) in [5.41, 5.74) is 0. The van der Waals surface area contributed by atoms with Gasteiger partial charge in [-0.2, -0.15) is 0 Å². The predicted octanol–water partition coefficient (Wildman–Crippen LogP) is 14.1. The molecule has 0 aromatic heterocycles. The third-order valence-corrected chi connectivity index (χ3v) is 11.8. The smallest absolute Gasteiger partial charge is 0.462 e. The molecule has 0 aromatic carbocycles. The summed E-state index contributed by atoms with van der Waals surface area (Å²) in [5, 5.41) is 0. The van der Waals surface area contributed by atoms with Crippen molar-refractivity contribution in [3.05, 3.63) is 12.2 Å². The van der Waals surface area contributed by atoms with Gasteiger partial charge in [-0.05, 0) is 38.5 Å². The van der Waals surface area contributed by atoms with Gasteiger partial charge in [-0.15, -0.1) is 0 Å². The number of rotatable bonds is 45. The first-order chi connectivity index (χ1) is 28.0. The Hall–Kier alpha value is -1.25. The van der Waals surface area contributed by atoms with Gasteiger partial charge in [0, 0.05) is 12.8 Å². The summed E-state index contributed by atoms with van der Waals surface area (Å²) in [6.45, 7) is 4.44. The van der Waals surface area contributed by atoms with E-state index in [0.717, 1.165) is 44.9 Å². The van der Waals surface area contributed by atoms with Crippen molar-refractivity contribution in [1.29, 1.82) is 0 Å². The number of likely N-dealkylation sites (N-methyl/N-ethyl adjacent to an activating group) is 1. The second-order valence-electron chi connectivity index (χ2n) is 17.9. The fourth-order valence-corrected chi connectivity index (χ4v) is 7.69. The van der Waals surface area contributed by atoms with Crippen LogP contribution in [-0.4, -0.2) is 74.9 Å². The lowest BCUT2D eigenvalue weighted by atomic mass is 10.0. The maximum Gasteiger partial charge on any atom is 0.472 e. The van der Waals surface area contributed by atoms with Gasteiger partial charge in [0.05, 0.1) is 27.7 Å². The van der Waals surface area contributed by atoms with E-state index in [-0.39, 0.29) is 32.0 Å². The molecule has 10 heteroatoms. The first kappa shape index (κ1) is 56.8. The summed E-state index contributed by atoms with van der Waals surface area (Å²) in [7, 11) is 1.48. The van der Waals surface area contributed by atoms with Gasteiger partial charge in [-0.25, -0.2) is 4.57 Å². The zero-order valence-corrected chi connectivity index (χ0v) is 39.7. The molecule has 0 saturated heterocycles. The monoisotopic (exact) mass is 845 g/mol. The van der Waals surface area contributed by atoms with Crippen LogP contribution in [-0.2, 0) is 32.7 Å². The van der Waals surface area contributed by atoms with E-state index in [4.69, 9.17) is 18.5 Å². The normalized spacial score (nSPS) is 13.6. The molecule has 0 radical (unpaired) electrons. The molecule has 1 N–H and O–H groups in total. The Bertz CT molecular complexity index is 1000. The molecule has 0 aromatic rings. The van der Waals surface area contributed by atoms with E-state index in [1.165, 1.54) is 154 Å². The average Bonchev–Trinajstić information content (AvgIpc) is 3.17. The van der Waals surface area contributed by atoms with Crippen LogP contribution in [0.15, 0.2) is 12.2 Å². The number of phosphoric acid groups is 1. The van der Waals surface area contributed by atoms with Crippen LogP contribution in [0.25, 0.3) is 0 Å². The number of carbonyl (C=O) groups is 2. The standard InChI is InChI=1S/C48H94NO8P/c1-6-8-10-12-14-16-18-20-22-23-24-25-27-29-31-33-35-37-39-41-48(51)57-46(45-56-58(52,53)55-43-42-49(3,4)5)44-54-47(50)40-38-36-34-32-30-28-26-21-19-17-15-13-11-9-7-2/h28,30,46H,6-27,29,31-45H2,1-5H3/p+1/b30-28+/t46-/m1/s1. The van der Waals surface area contributed by atoms with Crippen molar-refractivity contribution in [1.82, 2.24) is 0 Å². The second-order valence-corrected chi connectivity index (χ2v) is 19.3. The number of hydrogen-bond acceptors (Lipinski definition) is 7. The van der Waals surface area contributed by atoms with Crippen molar-refractivity contribution in [3.8, 4) is 0 Å². The molecule has 0 amide bonds. The Labute approximate surface area is 358 Å². The van der Waals surface area contributed by atoms with Gasteiger partial charge in [-0.1, -0.05) is 193 Å². The lowest BCUT2D eigenvalue weighted by molar-refractivity contribution is -0.870. The molecule has 0 fully saturated rings. The van der Waals surface area contributed by atoms with Crippen molar-refractivity contribution in [2.75, 3.05) is 47.5 Å². The van der Waals surface area contributed by atoms with Gasteiger partial charge in [0.2, 0.25) is 0 Å². The number of nitrogens with zero attached hydrogens (tertiary/aromatic N) is 1. The molecule has 0 aliphatic heterocycles.